The van der Waals surface area contributed by atoms with Gasteiger partial charge in [0.15, 0.2) is 0 Å². The quantitative estimate of drug-likeness (QED) is 0.557. The van der Waals surface area contributed by atoms with Crippen LogP contribution < -0.4 is 11.1 Å². The highest BCUT2D eigenvalue weighted by Crippen LogP contribution is 2.36. The van der Waals surface area contributed by atoms with E-state index in [0.717, 1.165) is 41.4 Å². The number of nitrogens with zero attached hydrogens (tertiary/aromatic N) is 2. The molecule has 0 spiro atoms. The number of hydrogen-bond acceptors (Lipinski definition) is 5. The van der Waals surface area contributed by atoms with Crippen molar-refractivity contribution in [3.8, 4) is 0 Å². The van der Waals surface area contributed by atoms with Gasteiger partial charge in [0.1, 0.15) is 5.82 Å². The molecule has 3 aromatic rings. The highest BCUT2D eigenvalue weighted by atomic mass is 15.1. The number of aromatic amines is 1. The Bertz CT molecular complexity index is 982. The van der Waals surface area contributed by atoms with Crippen molar-refractivity contribution < 1.29 is 0 Å². The van der Waals surface area contributed by atoms with Crippen molar-refractivity contribution in [2.75, 3.05) is 7.05 Å². The summed E-state index contributed by atoms with van der Waals surface area (Å²) in [7, 11) is 1.77. The van der Waals surface area contributed by atoms with E-state index < -0.39 is 0 Å². The highest BCUT2D eigenvalue weighted by molar-refractivity contribution is 6.12. The maximum atomic E-state index is 7.81. The predicted octanol–water partition coefficient (Wildman–Crippen LogP) is 2.49. The Balaban J connectivity index is 2.13. The minimum absolute atomic E-state index is 0.481. The molecule has 1 aliphatic rings. The van der Waals surface area contributed by atoms with Gasteiger partial charge < -0.3 is 16.5 Å². The Kier molecular flexibility index (Phi) is 3.45. The summed E-state index contributed by atoms with van der Waals surface area (Å²) in [6.07, 6.45) is 7.48. The number of aryl methyl sites for hydroxylation is 1. The summed E-state index contributed by atoms with van der Waals surface area (Å²) in [4.78, 5) is 4.89. The van der Waals surface area contributed by atoms with E-state index in [4.69, 9.17) is 16.1 Å². The first-order valence-corrected chi connectivity index (χ1v) is 8.20. The highest BCUT2D eigenvalue weighted by Gasteiger charge is 2.22. The molecule has 122 valence electrons. The zero-order valence-electron chi connectivity index (χ0n) is 13.6. The molecule has 0 saturated heterocycles. The number of H-pyrrole nitrogens is 1. The van der Waals surface area contributed by atoms with Crippen LogP contribution in [0, 0.1) is 5.41 Å². The Morgan fingerprint density at radius 3 is 2.83 bits per heavy atom. The number of aromatic nitrogens is 3. The smallest absolute Gasteiger partial charge is 0.107 e. The topological polar surface area (TPSA) is 103 Å². The predicted molar refractivity (Wildman–Crippen MR) is 97.0 cm³/mol. The molecule has 0 fully saturated rings. The van der Waals surface area contributed by atoms with Gasteiger partial charge in [-0.1, -0.05) is 0 Å². The number of benzene rings is 1. The first kappa shape index (κ1) is 14.7. The van der Waals surface area contributed by atoms with Gasteiger partial charge in [0, 0.05) is 24.0 Å². The Hall–Kier alpha value is -2.89. The number of allylic oxidation sites excluding steroid dienone is 1. The summed E-state index contributed by atoms with van der Waals surface area (Å²) in [6.45, 7) is 0. The molecule has 2 aromatic heterocycles. The molecule has 0 radical (unpaired) electrons. The van der Waals surface area contributed by atoms with Gasteiger partial charge in [0.2, 0.25) is 0 Å². The normalized spacial score (nSPS) is 15.2. The lowest BCUT2D eigenvalue weighted by Crippen LogP contribution is -2.19. The molecule has 24 heavy (non-hydrogen) atoms. The van der Waals surface area contributed by atoms with E-state index in [1.807, 2.05) is 18.3 Å². The molecule has 1 aliphatic carbocycles. The fraction of sp³-hybridized carbons (Fsp3) is 0.278. The lowest BCUT2D eigenvalue weighted by molar-refractivity contribution is 0.686. The molecule has 0 bridgehead atoms. The molecule has 6 heteroatoms. The van der Waals surface area contributed by atoms with E-state index >= 15 is 0 Å². The zero-order chi connectivity index (χ0) is 16.7. The lowest BCUT2D eigenvalue weighted by atomic mass is 9.85. The number of fused-ring (bicyclic) bond motifs is 5. The number of rotatable bonds is 3. The van der Waals surface area contributed by atoms with E-state index in [2.05, 4.69) is 15.5 Å². The molecule has 0 atom stereocenters. The van der Waals surface area contributed by atoms with Crippen molar-refractivity contribution in [3.05, 3.63) is 41.0 Å². The van der Waals surface area contributed by atoms with Crippen LogP contribution in [0.1, 0.15) is 29.7 Å². The van der Waals surface area contributed by atoms with E-state index in [0.29, 0.717) is 11.4 Å². The van der Waals surface area contributed by atoms with Crippen molar-refractivity contribution in [1.82, 2.24) is 20.5 Å². The van der Waals surface area contributed by atoms with Crippen molar-refractivity contribution in [2.45, 2.75) is 25.7 Å². The summed E-state index contributed by atoms with van der Waals surface area (Å²) in [5.41, 5.74) is 12.1. The van der Waals surface area contributed by atoms with Gasteiger partial charge in [-0.2, -0.15) is 5.10 Å². The van der Waals surface area contributed by atoms with E-state index in [9.17, 15) is 0 Å². The van der Waals surface area contributed by atoms with Gasteiger partial charge in [-0.15, -0.1) is 0 Å². The van der Waals surface area contributed by atoms with Crippen LogP contribution >= 0.6 is 0 Å². The maximum absolute atomic E-state index is 7.81. The average Bonchev–Trinajstić information content (AvgIpc) is 3.10. The van der Waals surface area contributed by atoms with Gasteiger partial charge in [0.25, 0.3) is 0 Å². The molecule has 1 aromatic carbocycles. The van der Waals surface area contributed by atoms with Crippen molar-refractivity contribution in [2.24, 2.45) is 5.73 Å². The van der Waals surface area contributed by atoms with Crippen LogP contribution in [0.3, 0.4) is 0 Å². The van der Waals surface area contributed by atoms with Gasteiger partial charge in [-0.3, -0.25) is 5.10 Å². The summed E-state index contributed by atoms with van der Waals surface area (Å²) < 4.78 is 0. The standard InChI is InChI=1S/C18H20N6/c1-21-18(20)12(8-19)17-11-5-3-2-4-10(11)16-13-9-22-24-14(13)6-7-15(16)23-17/h6-9,19,21H,2-5,20H2,1H3,(H,22,24)/b18-12+,19-8?. The van der Waals surface area contributed by atoms with E-state index in [1.54, 1.807) is 7.05 Å². The molecule has 0 aliphatic heterocycles. The van der Waals surface area contributed by atoms with Crippen molar-refractivity contribution >= 4 is 33.6 Å². The van der Waals surface area contributed by atoms with Crippen LogP contribution in [0.25, 0.3) is 27.4 Å². The minimum atomic E-state index is 0.481. The largest absolute Gasteiger partial charge is 0.385 e. The molecular weight excluding hydrogens is 300 g/mol. The van der Waals surface area contributed by atoms with Gasteiger partial charge in [-0.25, -0.2) is 4.98 Å². The third-order valence-corrected chi connectivity index (χ3v) is 4.85. The lowest BCUT2D eigenvalue weighted by Gasteiger charge is -2.22. The summed E-state index contributed by atoms with van der Waals surface area (Å²) in [5, 5.41) is 20.3. The molecule has 4 rings (SSSR count). The molecular formula is C18H20N6. The summed E-state index contributed by atoms with van der Waals surface area (Å²) >= 11 is 0. The van der Waals surface area contributed by atoms with Gasteiger partial charge in [0.05, 0.1) is 28.5 Å². The third kappa shape index (κ3) is 2.06. The molecule has 0 unspecified atom stereocenters. The molecule has 2 heterocycles. The van der Waals surface area contributed by atoms with E-state index in [1.165, 1.54) is 29.1 Å². The van der Waals surface area contributed by atoms with Crippen LogP contribution in [0.4, 0.5) is 0 Å². The third-order valence-electron chi connectivity index (χ3n) is 4.85. The van der Waals surface area contributed by atoms with Crippen LogP contribution in [0.15, 0.2) is 24.2 Å². The SMILES string of the molecule is CN/C(N)=C(\C=N)c1nc2ccc3[nH]ncc3c2c2c1CCCC2. The Morgan fingerprint density at radius 2 is 2.08 bits per heavy atom. The monoisotopic (exact) mass is 320 g/mol. The number of pyridine rings is 1. The fourth-order valence-electron chi connectivity index (χ4n) is 3.68. The van der Waals surface area contributed by atoms with Gasteiger partial charge in [-0.05, 0) is 48.9 Å². The summed E-state index contributed by atoms with van der Waals surface area (Å²) in [6, 6.07) is 4.03. The molecule has 0 amide bonds. The number of nitrogens with one attached hydrogen (secondary N) is 3. The van der Waals surface area contributed by atoms with Crippen LogP contribution in [0.5, 0.6) is 0 Å². The number of hydrogen-bond donors (Lipinski definition) is 4. The maximum Gasteiger partial charge on any atom is 0.107 e. The van der Waals surface area contributed by atoms with E-state index in [-0.39, 0.29) is 0 Å². The van der Waals surface area contributed by atoms with Gasteiger partial charge >= 0.3 is 0 Å². The molecule has 6 nitrogen and oxygen atoms in total. The first-order chi connectivity index (χ1) is 11.7. The molecule has 5 N–H and O–H groups in total. The van der Waals surface area contributed by atoms with Crippen molar-refractivity contribution in [3.63, 3.8) is 0 Å². The Labute approximate surface area is 139 Å². The Morgan fingerprint density at radius 1 is 1.29 bits per heavy atom. The summed E-state index contributed by atoms with van der Waals surface area (Å²) in [5.74, 6) is 0.481. The average molecular weight is 320 g/mol. The first-order valence-electron chi connectivity index (χ1n) is 8.20. The van der Waals surface area contributed by atoms with Crippen LogP contribution in [0.2, 0.25) is 0 Å². The fourth-order valence-corrected chi connectivity index (χ4v) is 3.68. The zero-order valence-corrected chi connectivity index (χ0v) is 13.6. The van der Waals surface area contributed by atoms with Crippen LogP contribution in [-0.4, -0.2) is 28.4 Å². The molecule has 0 saturated carbocycles. The minimum Gasteiger partial charge on any atom is -0.385 e. The number of nitrogens with two attached hydrogens (primary N) is 1. The second-order valence-corrected chi connectivity index (χ2v) is 6.14. The second-order valence-electron chi connectivity index (χ2n) is 6.14. The van der Waals surface area contributed by atoms with Crippen LogP contribution in [-0.2, 0) is 12.8 Å². The van der Waals surface area contributed by atoms with Crippen molar-refractivity contribution in [1.29, 1.82) is 5.41 Å². The second kappa shape index (κ2) is 5.63.